The summed E-state index contributed by atoms with van der Waals surface area (Å²) in [5.41, 5.74) is -0.613. The minimum atomic E-state index is -4.45. The van der Waals surface area contributed by atoms with Crippen LogP contribution in [0.4, 0.5) is 23.7 Å². The highest BCUT2D eigenvalue weighted by molar-refractivity contribution is 7.79. The van der Waals surface area contributed by atoms with Crippen LogP contribution in [0.3, 0.4) is 0 Å². The smallest absolute Gasteiger partial charge is 0.330 e. The van der Waals surface area contributed by atoms with Crippen molar-refractivity contribution in [3.8, 4) is 0 Å². The van der Waals surface area contributed by atoms with Gasteiger partial charge < -0.3 is 5.32 Å². The molecular weight excluding hydrogens is 361 g/mol. The highest BCUT2D eigenvalue weighted by atomic mass is 32.1. The average molecular weight is 391 g/mol. The highest BCUT2D eigenvalue weighted by Gasteiger charge is 2.31. The van der Waals surface area contributed by atoms with Crippen molar-refractivity contribution < 1.29 is 18.0 Å². The van der Waals surface area contributed by atoms with Gasteiger partial charge in [-0.05, 0) is 30.5 Å². The maximum Gasteiger partial charge on any atom is 0.416 e. The molecule has 0 aliphatic rings. The molecule has 26 heavy (non-hydrogen) atoms. The van der Waals surface area contributed by atoms with E-state index in [2.05, 4.69) is 12.2 Å². The SMILES string of the molecule is CC.CCCC(CC)[C@H](C=S)NC(=O)N(C)c1cccc(C(F)(F)F)c1. The summed E-state index contributed by atoms with van der Waals surface area (Å²) in [6.45, 7) is 8.08. The molecule has 0 saturated heterocycles. The molecule has 0 aliphatic carbocycles. The Morgan fingerprint density at radius 1 is 1.31 bits per heavy atom. The Morgan fingerprint density at radius 3 is 2.38 bits per heavy atom. The van der Waals surface area contributed by atoms with E-state index < -0.39 is 17.8 Å². The van der Waals surface area contributed by atoms with Gasteiger partial charge in [0, 0.05) is 18.1 Å². The summed E-state index contributed by atoms with van der Waals surface area (Å²) in [6, 6.07) is 3.91. The van der Waals surface area contributed by atoms with E-state index in [1.807, 2.05) is 20.8 Å². The Hall–Kier alpha value is -1.63. The second-order valence-electron chi connectivity index (χ2n) is 5.68. The summed E-state index contributed by atoms with van der Waals surface area (Å²) in [6.07, 6.45) is -1.70. The van der Waals surface area contributed by atoms with E-state index in [4.69, 9.17) is 12.2 Å². The zero-order valence-electron chi connectivity index (χ0n) is 16.1. The number of benzene rings is 1. The van der Waals surface area contributed by atoms with Crippen molar-refractivity contribution in [1.82, 2.24) is 5.32 Å². The van der Waals surface area contributed by atoms with E-state index >= 15 is 0 Å². The second-order valence-corrected chi connectivity index (χ2v) is 5.95. The number of nitrogens with one attached hydrogen (secondary N) is 1. The number of rotatable bonds is 7. The predicted molar refractivity (Wildman–Crippen MR) is 106 cm³/mol. The Labute approximate surface area is 160 Å². The van der Waals surface area contributed by atoms with Crippen molar-refractivity contribution in [3.05, 3.63) is 29.8 Å². The molecule has 1 N–H and O–H groups in total. The normalized spacial score (nSPS) is 13.1. The van der Waals surface area contributed by atoms with Gasteiger partial charge in [-0.2, -0.15) is 13.2 Å². The number of amides is 2. The van der Waals surface area contributed by atoms with Gasteiger partial charge >= 0.3 is 12.2 Å². The minimum Gasteiger partial charge on any atom is -0.330 e. The fourth-order valence-electron chi connectivity index (χ4n) is 2.52. The second kappa shape index (κ2) is 11.9. The van der Waals surface area contributed by atoms with Crippen LogP contribution in [-0.2, 0) is 6.18 Å². The van der Waals surface area contributed by atoms with Crippen LogP contribution in [0.15, 0.2) is 24.3 Å². The van der Waals surface area contributed by atoms with Gasteiger partial charge in [0.15, 0.2) is 0 Å². The minimum absolute atomic E-state index is 0.175. The summed E-state index contributed by atoms with van der Waals surface area (Å²) in [5.74, 6) is 0.214. The molecule has 148 valence electrons. The summed E-state index contributed by atoms with van der Waals surface area (Å²) in [7, 11) is 1.44. The average Bonchev–Trinajstić information content (AvgIpc) is 2.64. The van der Waals surface area contributed by atoms with Gasteiger partial charge in [-0.15, -0.1) is 0 Å². The molecule has 1 aromatic carbocycles. The number of carbonyl (C=O) groups is 1. The lowest BCUT2D eigenvalue weighted by Gasteiger charge is -2.27. The monoisotopic (exact) mass is 390 g/mol. The standard InChI is InChI=1S/C17H23F3N2OS.C2H6/c1-4-7-12(5-2)15(11-24)21-16(23)22(3)14-9-6-8-13(10-14)17(18,19)20;1-2/h6,8-12,15H,4-5,7H2,1-3H3,(H,21,23);1-2H3/t12?,15-;/m0./s1. The van der Waals surface area contributed by atoms with Gasteiger partial charge in [0.05, 0.1) is 11.6 Å². The summed E-state index contributed by atoms with van der Waals surface area (Å²) in [4.78, 5) is 13.5. The van der Waals surface area contributed by atoms with E-state index in [1.165, 1.54) is 29.4 Å². The zero-order valence-corrected chi connectivity index (χ0v) is 16.9. The first-order valence-corrected chi connectivity index (χ1v) is 9.38. The van der Waals surface area contributed by atoms with Crippen LogP contribution < -0.4 is 10.2 Å². The lowest BCUT2D eigenvalue weighted by Crippen LogP contribution is -2.47. The molecule has 2 atom stereocenters. The van der Waals surface area contributed by atoms with Crippen molar-refractivity contribution >= 4 is 29.3 Å². The Bertz CT molecular complexity index is 564. The number of urea groups is 1. The van der Waals surface area contributed by atoms with Gasteiger partial charge in [0.2, 0.25) is 0 Å². The number of thiocarbonyl (C=S) groups is 1. The van der Waals surface area contributed by atoms with Crippen molar-refractivity contribution in [1.29, 1.82) is 0 Å². The van der Waals surface area contributed by atoms with Crippen LogP contribution in [-0.4, -0.2) is 24.5 Å². The first-order valence-electron chi connectivity index (χ1n) is 8.91. The molecule has 0 aromatic heterocycles. The molecule has 0 heterocycles. The van der Waals surface area contributed by atoms with Crippen molar-refractivity contribution in [2.75, 3.05) is 11.9 Å². The van der Waals surface area contributed by atoms with Gasteiger partial charge in [0.25, 0.3) is 0 Å². The molecule has 0 spiro atoms. The van der Waals surface area contributed by atoms with Crippen LogP contribution in [0.1, 0.15) is 52.5 Å². The number of carbonyl (C=O) groups excluding carboxylic acids is 1. The van der Waals surface area contributed by atoms with Gasteiger partial charge in [-0.25, -0.2) is 4.79 Å². The Morgan fingerprint density at radius 2 is 1.92 bits per heavy atom. The van der Waals surface area contributed by atoms with E-state index in [9.17, 15) is 18.0 Å². The lowest BCUT2D eigenvalue weighted by atomic mass is 9.93. The molecule has 0 fully saturated rings. The van der Waals surface area contributed by atoms with Crippen LogP contribution in [0.2, 0.25) is 0 Å². The largest absolute Gasteiger partial charge is 0.416 e. The third-order valence-corrected chi connectivity index (χ3v) is 4.29. The van der Waals surface area contributed by atoms with Crippen LogP contribution in [0, 0.1) is 5.92 Å². The quantitative estimate of drug-likeness (QED) is 0.573. The molecule has 1 unspecified atom stereocenters. The number of hydrogen-bond donors (Lipinski definition) is 1. The molecule has 0 radical (unpaired) electrons. The maximum absolute atomic E-state index is 12.8. The van der Waals surface area contributed by atoms with Crippen molar-refractivity contribution in [3.63, 3.8) is 0 Å². The van der Waals surface area contributed by atoms with E-state index in [-0.39, 0.29) is 17.6 Å². The van der Waals surface area contributed by atoms with E-state index in [0.29, 0.717) is 0 Å². The summed E-state index contributed by atoms with van der Waals surface area (Å²) >= 11 is 5.01. The van der Waals surface area contributed by atoms with Gasteiger partial charge in [0.1, 0.15) is 0 Å². The van der Waals surface area contributed by atoms with Crippen LogP contribution in [0.25, 0.3) is 0 Å². The lowest BCUT2D eigenvalue weighted by molar-refractivity contribution is -0.137. The number of nitrogens with zero attached hydrogens (tertiary/aromatic N) is 1. The molecule has 7 heteroatoms. The fraction of sp³-hybridized carbons (Fsp3) is 0.579. The first-order chi connectivity index (χ1) is 12.2. The number of anilines is 1. The fourth-order valence-corrected chi connectivity index (χ4v) is 2.81. The van der Waals surface area contributed by atoms with Crippen LogP contribution >= 0.6 is 12.2 Å². The third-order valence-electron chi connectivity index (χ3n) is 3.99. The van der Waals surface area contributed by atoms with Gasteiger partial charge in [-0.3, -0.25) is 4.90 Å². The molecule has 0 bridgehead atoms. The predicted octanol–water partition coefficient (Wildman–Crippen LogP) is 6.07. The molecule has 0 saturated carbocycles. The van der Waals surface area contributed by atoms with Gasteiger partial charge in [-0.1, -0.05) is 58.8 Å². The summed E-state index contributed by atoms with van der Waals surface area (Å²) in [5, 5.41) is 4.32. The first kappa shape index (κ1) is 24.4. The van der Waals surface area contributed by atoms with E-state index in [0.717, 1.165) is 31.4 Å². The molecule has 1 rings (SSSR count). The molecule has 0 aliphatic heterocycles. The maximum atomic E-state index is 12.8. The Kier molecular flexibility index (Phi) is 11.1. The van der Waals surface area contributed by atoms with Crippen molar-refractivity contribution in [2.45, 2.75) is 59.2 Å². The number of hydrogen-bond acceptors (Lipinski definition) is 2. The molecule has 1 aromatic rings. The topological polar surface area (TPSA) is 32.3 Å². The van der Waals surface area contributed by atoms with Crippen LogP contribution in [0.5, 0.6) is 0 Å². The highest BCUT2D eigenvalue weighted by Crippen LogP contribution is 2.31. The molecule has 3 nitrogen and oxygen atoms in total. The molecular formula is C19H29F3N2OS. The van der Waals surface area contributed by atoms with E-state index in [1.54, 1.807) is 0 Å². The molecule has 2 amide bonds. The Balaban J connectivity index is 0.00000301. The third kappa shape index (κ3) is 7.32. The zero-order chi connectivity index (χ0) is 20.3. The summed E-state index contributed by atoms with van der Waals surface area (Å²) < 4.78 is 38.4. The number of halogens is 3. The van der Waals surface area contributed by atoms with Crippen molar-refractivity contribution in [2.24, 2.45) is 5.92 Å². The number of alkyl halides is 3.